The first kappa shape index (κ1) is 18.4. The number of halogens is 1. The minimum Gasteiger partial charge on any atom is -0.287 e. The van der Waals surface area contributed by atoms with Gasteiger partial charge in [-0.2, -0.15) is 5.26 Å². The van der Waals surface area contributed by atoms with E-state index in [0.29, 0.717) is 38.6 Å². The maximum absolute atomic E-state index is 13.0. The largest absolute Gasteiger partial charge is 0.287 e. The average Bonchev–Trinajstić information content (AvgIpc) is 2.61. The van der Waals surface area contributed by atoms with Gasteiger partial charge in [0, 0.05) is 11.6 Å². The highest BCUT2D eigenvalue weighted by atomic mass is 35.5. The van der Waals surface area contributed by atoms with Gasteiger partial charge in [0.15, 0.2) is 10.9 Å². The highest BCUT2D eigenvalue weighted by Gasteiger charge is 2.14. The van der Waals surface area contributed by atoms with Gasteiger partial charge in [-0.05, 0) is 54.4 Å². The van der Waals surface area contributed by atoms with Crippen molar-refractivity contribution in [1.29, 1.82) is 5.26 Å². The van der Waals surface area contributed by atoms with Crippen LogP contribution in [0.5, 0.6) is 0 Å². The normalized spacial score (nSPS) is 11.0. The maximum atomic E-state index is 13.0. The molecule has 0 spiro atoms. The Balaban J connectivity index is 2.08. The molecule has 0 saturated heterocycles. The lowest BCUT2D eigenvalue weighted by Gasteiger charge is -2.14. The molecule has 0 bridgehead atoms. The molecule has 0 aliphatic rings. The van der Waals surface area contributed by atoms with Gasteiger partial charge < -0.3 is 0 Å². The van der Waals surface area contributed by atoms with E-state index in [-0.39, 0.29) is 11.3 Å². The minimum absolute atomic E-state index is 0.101. The zero-order chi connectivity index (χ0) is 18.7. The molecule has 8 heteroatoms. The van der Waals surface area contributed by atoms with Crippen LogP contribution in [0.4, 0.5) is 0 Å². The second-order valence-corrected chi connectivity index (χ2v) is 7.59. The zero-order valence-electron chi connectivity index (χ0n) is 14.3. The Labute approximate surface area is 159 Å². The lowest BCUT2D eigenvalue weighted by Crippen LogP contribution is -2.24. The molecule has 2 aromatic heterocycles. The van der Waals surface area contributed by atoms with E-state index in [9.17, 15) is 4.79 Å². The second-order valence-electron chi connectivity index (χ2n) is 6.17. The number of hydrogen-bond donors (Lipinski definition) is 0. The molecule has 132 valence electrons. The lowest BCUT2D eigenvalue weighted by atomic mass is 10.1. The quantitative estimate of drug-likeness (QED) is 0.619. The Morgan fingerprint density at radius 3 is 2.73 bits per heavy atom. The Kier molecular flexibility index (Phi) is 5.55. The molecule has 0 aliphatic heterocycles. The summed E-state index contributed by atoms with van der Waals surface area (Å²) in [4.78, 5) is 17.6. The van der Waals surface area contributed by atoms with Crippen molar-refractivity contribution in [3.8, 4) is 6.07 Å². The molecule has 3 rings (SSSR count). The van der Waals surface area contributed by atoms with Crippen molar-refractivity contribution in [3.63, 3.8) is 0 Å². The van der Waals surface area contributed by atoms with E-state index >= 15 is 0 Å². The van der Waals surface area contributed by atoms with Gasteiger partial charge in [-0.25, -0.2) is 4.98 Å². The van der Waals surface area contributed by atoms with Crippen molar-refractivity contribution in [1.82, 2.24) is 19.7 Å². The van der Waals surface area contributed by atoms with Crippen molar-refractivity contribution in [2.24, 2.45) is 5.92 Å². The molecule has 2 heterocycles. The van der Waals surface area contributed by atoms with E-state index in [1.807, 2.05) is 6.07 Å². The van der Waals surface area contributed by atoms with Crippen LogP contribution in [0.3, 0.4) is 0 Å². The fourth-order valence-electron chi connectivity index (χ4n) is 2.36. The lowest BCUT2D eigenvalue weighted by molar-refractivity contribution is 0.481. The fourth-order valence-corrected chi connectivity index (χ4v) is 3.36. The first-order chi connectivity index (χ1) is 12.5. The SMILES string of the molecule is CC(C)CCn1c(Sc2ccc(C#N)nn2)nc2cc(Cl)ccc2c1=O. The van der Waals surface area contributed by atoms with E-state index in [4.69, 9.17) is 16.9 Å². The molecule has 26 heavy (non-hydrogen) atoms. The van der Waals surface area contributed by atoms with E-state index in [1.54, 1.807) is 34.9 Å². The van der Waals surface area contributed by atoms with Crippen LogP contribution >= 0.6 is 23.4 Å². The molecule has 1 aromatic carbocycles. The Bertz CT molecular complexity index is 1040. The monoisotopic (exact) mass is 385 g/mol. The molecular formula is C18H16ClN5OS. The molecule has 0 N–H and O–H groups in total. The van der Waals surface area contributed by atoms with Gasteiger partial charge in [0.25, 0.3) is 5.56 Å². The third-order valence-electron chi connectivity index (χ3n) is 3.76. The van der Waals surface area contributed by atoms with Crippen LogP contribution in [0.1, 0.15) is 26.0 Å². The predicted octanol–water partition coefficient (Wildman–Crippen LogP) is 3.91. The number of hydrogen-bond acceptors (Lipinski definition) is 6. The van der Waals surface area contributed by atoms with Crippen LogP contribution in [0.15, 0.2) is 45.3 Å². The number of nitriles is 1. The molecule has 0 atom stereocenters. The van der Waals surface area contributed by atoms with Crippen molar-refractivity contribution in [2.45, 2.75) is 37.0 Å². The van der Waals surface area contributed by atoms with Crippen molar-refractivity contribution in [3.05, 3.63) is 51.4 Å². The minimum atomic E-state index is -0.101. The van der Waals surface area contributed by atoms with Gasteiger partial charge in [-0.15, -0.1) is 10.2 Å². The summed E-state index contributed by atoms with van der Waals surface area (Å²) in [6, 6.07) is 10.3. The van der Waals surface area contributed by atoms with Crippen LogP contribution in [0.25, 0.3) is 10.9 Å². The summed E-state index contributed by atoms with van der Waals surface area (Å²) in [7, 11) is 0. The van der Waals surface area contributed by atoms with Crippen molar-refractivity contribution in [2.75, 3.05) is 0 Å². The van der Waals surface area contributed by atoms with Gasteiger partial charge in [0.1, 0.15) is 11.1 Å². The fraction of sp³-hybridized carbons (Fsp3) is 0.278. The van der Waals surface area contributed by atoms with E-state index in [2.05, 4.69) is 29.0 Å². The topological polar surface area (TPSA) is 84.5 Å². The Hall–Kier alpha value is -2.43. The molecular weight excluding hydrogens is 370 g/mol. The van der Waals surface area contributed by atoms with Gasteiger partial charge in [0.05, 0.1) is 10.9 Å². The number of rotatable bonds is 5. The predicted molar refractivity (Wildman–Crippen MR) is 101 cm³/mol. The number of benzene rings is 1. The number of nitrogens with zero attached hydrogens (tertiary/aromatic N) is 5. The smallest absolute Gasteiger partial charge is 0.262 e. The summed E-state index contributed by atoms with van der Waals surface area (Å²) in [6.45, 7) is 4.78. The molecule has 0 radical (unpaired) electrons. The molecule has 0 amide bonds. The van der Waals surface area contributed by atoms with E-state index in [0.717, 1.165) is 6.42 Å². The molecule has 6 nitrogen and oxygen atoms in total. The number of aromatic nitrogens is 4. The molecule has 0 saturated carbocycles. The third-order valence-corrected chi connectivity index (χ3v) is 4.92. The molecule has 0 unspecified atom stereocenters. The summed E-state index contributed by atoms with van der Waals surface area (Å²) < 4.78 is 1.67. The zero-order valence-corrected chi connectivity index (χ0v) is 15.9. The average molecular weight is 386 g/mol. The summed E-state index contributed by atoms with van der Waals surface area (Å²) >= 11 is 7.30. The van der Waals surface area contributed by atoms with E-state index in [1.165, 1.54) is 11.8 Å². The highest BCUT2D eigenvalue weighted by molar-refractivity contribution is 7.99. The van der Waals surface area contributed by atoms with Crippen LogP contribution in [-0.2, 0) is 6.54 Å². The summed E-state index contributed by atoms with van der Waals surface area (Å²) in [5.41, 5.74) is 0.689. The van der Waals surface area contributed by atoms with E-state index < -0.39 is 0 Å². The van der Waals surface area contributed by atoms with Crippen LogP contribution in [-0.4, -0.2) is 19.7 Å². The van der Waals surface area contributed by atoms with Gasteiger partial charge in [0.2, 0.25) is 0 Å². The summed E-state index contributed by atoms with van der Waals surface area (Å²) in [5, 5.41) is 18.8. The van der Waals surface area contributed by atoms with Gasteiger partial charge >= 0.3 is 0 Å². The summed E-state index contributed by atoms with van der Waals surface area (Å²) in [6.07, 6.45) is 0.854. The highest BCUT2D eigenvalue weighted by Crippen LogP contribution is 2.26. The number of fused-ring (bicyclic) bond motifs is 1. The maximum Gasteiger partial charge on any atom is 0.262 e. The van der Waals surface area contributed by atoms with Crippen molar-refractivity contribution < 1.29 is 0 Å². The third kappa shape index (κ3) is 4.03. The van der Waals surface area contributed by atoms with Crippen LogP contribution in [0, 0.1) is 17.2 Å². The second kappa shape index (κ2) is 7.85. The van der Waals surface area contributed by atoms with Gasteiger partial charge in [-0.1, -0.05) is 25.4 Å². The molecule has 0 aliphatic carbocycles. The standard InChI is InChI=1S/C18H16ClN5OS/c1-11(2)7-8-24-17(25)14-5-3-12(19)9-15(14)21-18(24)26-16-6-4-13(10-20)22-23-16/h3-6,9,11H,7-8H2,1-2H3. The van der Waals surface area contributed by atoms with Crippen molar-refractivity contribution >= 4 is 34.3 Å². The Morgan fingerprint density at radius 1 is 1.27 bits per heavy atom. The molecule has 3 aromatic rings. The molecule has 0 fully saturated rings. The first-order valence-corrected chi connectivity index (χ1v) is 9.29. The summed E-state index contributed by atoms with van der Waals surface area (Å²) in [5.74, 6) is 0.454. The van der Waals surface area contributed by atoms with Gasteiger partial charge in [-0.3, -0.25) is 9.36 Å². The van der Waals surface area contributed by atoms with Crippen LogP contribution in [0.2, 0.25) is 5.02 Å². The Morgan fingerprint density at radius 2 is 2.08 bits per heavy atom. The van der Waals surface area contributed by atoms with Crippen LogP contribution < -0.4 is 5.56 Å². The first-order valence-electron chi connectivity index (χ1n) is 8.09.